The van der Waals surface area contributed by atoms with Gasteiger partial charge in [-0.15, -0.1) is 0 Å². The lowest BCUT2D eigenvalue weighted by molar-refractivity contribution is -0.117. The van der Waals surface area contributed by atoms with Crippen LogP contribution < -0.4 is 13.8 Å². The quantitative estimate of drug-likeness (QED) is 0.776. The van der Waals surface area contributed by atoms with Crippen LogP contribution in [0.15, 0.2) is 53.4 Å². The third kappa shape index (κ3) is 4.56. The van der Waals surface area contributed by atoms with Gasteiger partial charge in [0.05, 0.1) is 24.8 Å². The summed E-state index contributed by atoms with van der Waals surface area (Å²) in [7, 11) is -1.62. The van der Waals surface area contributed by atoms with Gasteiger partial charge < -0.3 is 9.47 Å². The van der Waals surface area contributed by atoms with Crippen molar-refractivity contribution >= 4 is 15.7 Å². The molecule has 2 rings (SSSR count). The summed E-state index contributed by atoms with van der Waals surface area (Å²) < 4.78 is 74.5. The molecule has 5 nitrogen and oxygen atoms in total. The Kier molecular flexibility index (Phi) is 5.46. The van der Waals surface area contributed by atoms with Crippen molar-refractivity contribution in [1.82, 2.24) is 0 Å². The number of ether oxygens (including phenoxy) is 2. The molecule has 0 bridgehead atoms. The van der Waals surface area contributed by atoms with E-state index in [2.05, 4.69) is 0 Å². The van der Waals surface area contributed by atoms with Gasteiger partial charge in [-0.25, -0.2) is 8.42 Å². The summed E-state index contributed by atoms with van der Waals surface area (Å²) in [5.74, 6) is 0.795. The Hall–Kier alpha value is -2.42. The summed E-state index contributed by atoms with van der Waals surface area (Å²) in [5, 5.41) is 0. The van der Waals surface area contributed by atoms with Gasteiger partial charge in [0.15, 0.2) is 0 Å². The maximum atomic E-state index is 13.0. The monoisotopic (exact) mass is 375 g/mol. The molecule has 0 aliphatic heterocycles. The summed E-state index contributed by atoms with van der Waals surface area (Å²) >= 11 is 0. The maximum absolute atomic E-state index is 13.0. The number of anilines is 1. The average molecular weight is 375 g/mol. The molecule has 0 amide bonds. The van der Waals surface area contributed by atoms with Crippen LogP contribution in [0.25, 0.3) is 0 Å². The number of nitrogens with zero attached hydrogens (tertiary/aromatic N) is 1. The van der Waals surface area contributed by atoms with E-state index >= 15 is 0 Å². The van der Waals surface area contributed by atoms with E-state index in [0.717, 1.165) is 0 Å². The minimum absolute atomic E-state index is 0.117. The molecule has 0 heterocycles. The fraction of sp³-hybridized carbons (Fsp3) is 0.250. The molecule has 0 aliphatic rings. The molecule has 25 heavy (non-hydrogen) atoms. The van der Waals surface area contributed by atoms with Crippen molar-refractivity contribution in [3.05, 3.63) is 48.5 Å². The summed E-state index contributed by atoms with van der Waals surface area (Å²) in [6, 6.07) is 10.4. The highest BCUT2D eigenvalue weighted by atomic mass is 32.2. The molecule has 2 aromatic rings. The number of methoxy groups -OCH3 is 2. The largest absolute Gasteiger partial charge is 0.497 e. The van der Waals surface area contributed by atoms with Gasteiger partial charge in [-0.05, 0) is 48.5 Å². The van der Waals surface area contributed by atoms with Crippen molar-refractivity contribution in [3.63, 3.8) is 0 Å². The lowest BCUT2D eigenvalue weighted by atomic mass is 10.3. The number of alkyl halides is 3. The Bertz CT molecular complexity index is 803. The predicted molar refractivity (Wildman–Crippen MR) is 86.6 cm³/mol. The van der Waals surface area contributed by atoms with Gasteiger partial charge in [-0.2, -0.15) is 13.2 Å². The highest BCUT2D eigenvalue weighted by Crippen LogP contribution is 2.30. The number of halogens is 3. The Morgan fingerprint density at radius 1 is 0.880 bits per heavy atom. The molecule has 0 spiro atoms. The zero-order valence-electron chi connectivity index (χ0n) is 13.4. The molecule has 0 saturated carbocycles. The fourth-order valence-corrected chi connectivity index (χ4v) is 3.55. The van der Waals surface area contributed by atoms with Crippen molar-refractivity contribution in [2.75, 3.05) is 25.1 Å². The van der Waals surface area contributed by atoms with Gasteiger partial charge in [0.1, 0.15) is 18.0 Å². The first-order chi connectivity index (χ1) is 11.7. The van der Waals surface area contributed by atoms with Gasteiger partial charge in [-0.1, -0.05) is 0 Å². The van der Waals surface area contributed by atoms with Crippen LogP contribution in [0.2, 0.25) is 0 Å². The van der Waals surface area contributed by atoms with Crippen LogP contribution >= 0.6 is 0 Å². The molecule has 0 atom stereocenters. The standard InChI is InChI=1S/C16H16F3NO4S/c1-23-13-5-3-12(4-6-13)20(11-16(17,18)19)25(21,22)15-9-7-14(24-2)8-10-15/h3-10H,11H2,1-2H3. The molecule has 9 heteroatoms. The third-order valence-corrected chi connectivity index (χ3v) is 5.12. The fourth-order valence-electron chi connectivity index (χ4n) is 2.10. The van der Waals surface area contributed by atoms with Crippen molar-refractivity contribution < 1.29 is 31.1 Å². The van der Waals surface area contributed by atoms with Crippen molar-refractivity contribution in [3.8, 4) is 11.5 Å². The summed E-state index contributed by atoms with van der Waals surface area (Å²) in [6.07, 6.45) is -4.71. The van der Waals surface area contributed by atoms with Crippen molar-refractivity contribution in [2.45, 2.75) is 11.1 Å². The molecule has 0 radical (unpaired) electrons. The van der Waals surface area contributed by atoms with E-state index < -0.39 is 22.7 Å². The highest BCUT2D eigenvalue weighted by molar-refractivity contribution is 7.92. The minimum Gasteiger partial charge on any atom is -0.497 e. The van der Waals surface area contributed by atoms with Crippen LogP contribution in [0.4, 0.5) is 18.9 Å². The summed E-state index contributed by atoms with van der Waals surface area (Å²) in [5.41, 5.74) is -0.117. The second kappa shape index (κ2) is 7.22. The van der Waals surface area contributed by atoms with Crippen LogP contribution in [0, 0.1) is 0 Å². The first-order valence-electron chi connectivity index (χ1n) is 7.05. The summed E-state index contributed by atoms with van der Waals surface area (Å²) in [6.45, 7) is -1.65. The van der Waals surface area contributed by atoms with Gasteiger partial charge in [-0.3, -0.25) is 4.31 Å². The number of hydrogen-bond donors (Lipinski definition) is 0. The molecule has 2 aromatic carbocycles. The van der Waals surface area contributed by atoms with Crippen molar-refractivity contribution in [1.29, 1.82) is 0 Å². The molecule has 0 aliphatic carbocycles. The minimum atomic E-state index is -4.71. The van der Waals surface area contributed by atoms with Crippen LogP contribution in [-0.2, 0) is 10.0 Å². The van der Waals surface area contributed by atoms with Gasteiger partial charge in [0, 0.05) is 0 Å². The number of sulfonamides is 1. The Morgan fingerprint density at radius 3 is 1.72 bits per heavy atom. The van der Waals surface area contributed by atoms with E-state index in [0.29, 0.717) is 15.8 Å². The van der Waals surface area contributed by atoms with E-state index in [1.165, 1.54) is 62.8 Å². The molecular weight excluding hydrogens is 359 g/mol. The first-order valence-corrected chi connectivity index (χ1v) is 8.49. The smallest absolute Gasteiger partial charge is 0.407 e. The number of benzene rings is 2. The van der Waals surface area contributed by atoms with E-state index in [9.17, 15) is 21.6 Å². The molecule has 136 valence electrons. The second-order valence-electron chi connectivity index (χ2n) is 5.00. The lowest BCUT2D eigenvalue weighted by Gasteiger charge is -2.25. The van der Waals surface area contributed by atoms with Crippen molar-refractivity contribution in [2.24, 2.45) is 0 Å². The molecule has 0 N–H and O–H groups in total. The van der Waals surface area contributed by atoms with E-state index in [1.807, 2.05) is 0 Å². The molecule has 0 aromatic heterocycles. The summed E-state index contributed by atoms with van der Waals surface area (Å²) in [4.78, 5) is -0.270. The number of rotatable bonds is 6. The molecule has 0 unspecified atom stereocenters. The first kappa shape index (κ1) is 18.9. The van der Waals surface area contributed by atoms with Gasteiger partial charge in [0.2, 0.25) is 0 Å². The average Bonchev–Trinajstić information content (AvgIpc) is 2.59. The SMILES string of the molecule is COc1ccc(N(CC(F)(F)F)S(=O)(=O)c2ccc(OC)cc2)cc1. The Labute approximate surface area is 143 Å². The van der Waals surface area contributed by atoms with Gasteiger partial charge >= 0.3 is 6.18 Å². The van der Waals surface area contributed by atoms with E-state index in [4.69, 9.17) is 9.47 Å². The second-order valence-corrected chi connectivity index (χ2v) is 6.86. The Balaban J connectivity index is 2.48. The van der Waals surface area contributed by atoms with Crippen LogP contribution in [0.5, 0.6) is 11.5 Å². The van der Waals surface area contributed by atoms with Crippen LogP contribution in [-0.4, -0.2) is 35.4 Å². The predicted octanol–water partition coefficient (Wildman–Crippen LogP) is 3.46. The van der Waals surface area contributed by atoms with Crippen LogP contribution in [0.1, 0.15) is 0 Å². The topological polar surface area (TPSA) is 55.8 Å². The molecule has 0 saturated heterocycles. The van der Waals surface area contributed by atoms with Gasteiger partial charge in [0.25, 0.3) is 10.0 Å². The van der Waals surface area contributed by atoms with Crippen LogP contribution in [0.3, 0.4) is 0 Å². The number of hydrogen-bond acceptors (Lipinski definition) is 4. The maximum Gasteiger partial charge on any atom is 0.407 e. The molecular formula is C16H16F3NO4S. The Morgan fingerprint density at radius 2 is 1.32 bits per heavy atom. The third-order valence-electron chi connectivity index (χ3n) is 3.33. The zero-order valence-corrected chi connectivity index (χ0v) is 14.3. The highest BCUT2D eigenvalue weighted by Gasteiger charge is 2.37. The van der Waals surface area contributed by atoms with E-state index in [1.54, 1.807) is 0 Å². The molecule has 0 fully saturated rings. The normalized spacial score (nSPS) is 11.9. The zero-order chi connectivity index (χ0) is 18.7. The van der Waals surface area contributed by atoms with E-state index in [-0.39, 0.29) is 10.6 Å². The lowest BCUT2D eigenvalue weighted by Crippen LogP contribution is -2.39.